The summed E-state index contributed by atoms with van der Waals surface area (Å²) in [6, 6.07) is 0. The number of fused-ring (bicyclic) bond motifs is 3. The fraction of sp³-hybridized carbons (Fsp3) is 0.800. The quantitative estimate of drug-likeness (QED) is 0.403. The summed E-state index contributed by atoms with van der Waals surface area (Å²) in [5.41, 5.74) is 0.818. The highest BCUT2D eigenvalue weighted by atomic mass is 16.6. The maximum absolute atomic E-state index is 12.5. The van der Waals surface area contributed by atoms with Crippen molar-refractivity contribution in [2.24, 2.45) is 28.6 Å². The second kappa shape index (κ2) is 7.53. The van der Waals surface area contributed by atoms with Crippen LogP contribution in [0.1, 0.15) is 80.6 Å². The lowest BCUT2D eigenvalue weighted by atomic mass is 9.44. The Hall–Kier alpha value is -1.13. The van der Waals surface area contributed by atoms with E-state index < -0.39 is 23.8 Å². The molecule has 2 saturated carbocycles. The van der Waals surface area contributed by atoms with Crippen molar-refractivity contribution in [2.75, 3.05) is 0 Å². The van der Waals surface area contributed by atoms with Crippen LogP contribution >= 0.6 is 0 Å². The lowest BCUT2D eigenvalue weighted by Crippen LogP contribution is -2.62. The minimum atomic E-state index is -0.917. The molecule has 0 bridgehead atoms. The van der Waals surface area contributed by atoms with Crippen LogP contribution in [0.15, 0.2) is 23.3 Å². The van der Waals surface area contributed by atoms with E-state index in [1.807, 2.05) is 33.8 Å². The van der Waals surface area contributed by atoms with Gasteiger partial charge in [-0.1, -0.05) is 46.6 Å². The Morgan fingerprint density at radius 1 is 1.21 bits per heavy atom. The standard InChI is InChI=1S/C25H40O4/c1-15(2)13-19(26)29-21-17-14-25(28,16(3)4)12-9-18(17)24(7)11-8-10-23(5,6)22(24)20(21)27/h13-14,16,18,20-22,27-28H,8-12H2,1-7H3/t18-,20-,21-,22-,24+,25+/m0/s1. The lowest BCUT2D eigenvalue weighted by Gasteiger charge is -2.62. The van der Waals surface area contributed by atoms with Crippen LogP contribution in [0.4, 0.5) is 0 Å². The molecule has 0 aromatic rings. The van der Waals surface area contributed by atoms with Crippen molar-refractivity contribution in [3.8, 4) is 0 Å². The first-order valence-corrected chi connectivity index (χ1v) is 11.3. The highest BCUT2D eigenvalue weighted by Crippen LogP contribution is 2.63. The van der Waals surface area contributed by atoms with E-state index in [0.717, 1.165) is 36.8 Å². The molecule has 4 heteroatoms. The molecule has 0 heterocycles. The summed E-state index contributed by atoms with van der Waals surface area (Å²) in [4.78, 5) is 12.5. The normalized spacial score (nSPS) is 41.1. The first kappa shape index (κ1) is 22.6. The number of carbonyl (C=O) groups is 1. The molecular formula is C25H40O4. The molecule has 0 aliphatic heterocycles. The second-order valence-corrected chi connectivity index (χ2v) is 11.3. The zero-order valence-corrected chi connectivity index (χ0v) is 19.3. The van der Waals surface area contributed by atoms with Gasteiger partial charge < -0.3 is 14.9 Å². The van der Waals surface area contributed by atoms with E-state index in [1.54, 1.807) is 0 Å². The lowest BCUT2D eigenvalue weighted by molar-refractivity contribution is -0.184. The van der Waals surface area contributed by atoms with Crippen LogP contribution in [-0.2, 0) is 9.53 Å². The zero-order valence-electron chi connectivity index (χ0n) is 19.3. The maximum Gasteiger partial charge on any atom is 0.331 e. The van der Waals surface area contributed by atoms with Crippen LogP contribution in [-0.4, -0.2) is 34.0 Å². The number of rotatable bonds is 3. The topological polar surface area (TPSA) is 66.8 Å². The van der Waals surface area contributed by atoms with E-state index in [2.05, 4.69) is 20.8 Å². The van der Waals surface area contributed by atoms with E-state index in [9.17, 15) is 15.0 Å². The van der Waals surface area contributed by atoms with Crippen LogP contribution in [0.2, 0.25) is 0 Å². The SMILES string of the molecule is CC(C)=CC(=O)O[C@H]1C2=C[C@@](O)(C(C)C)CC[C@@H]2[C@@]2(C)CCCC(C)(C)[C@@H]2[C@H]1O. The summed E-state index contributed by atoms with van der Waals surface area (Å²) >= 11 is 0. The van der Waals surface area contributed by atoms with Gasteiger partial charge in [-0.15, -0.1) is 0 Å². The molecule has 2 fully saturated rings. The van der Waals surface area contributed by atoms with Crippen LogP contribution in [0.5, 0.6) is 0 Å². The monoisotopic (exact) mass is 404 g/mol. The molecule has 0 aromatic heterocycles. The predicted molar refractivity (Wildman–Crippen MR) is 115 cm³/mol. The summed E-state index contributed by atoms with van der Waals surface area (Å²) in [6.07, 6.45) is 6.84. The van der Waals surface area contributed by atoms with E-state index in [1.165, 1.54) is 6.08 Å². The summed E-state index contributed by atoms with van der Waals surface area (Å²) in [5, 5.41) is 22.8. The van der Waals surface area contributed by atoms with Crippen molar-refractivity contribution in [1.29, 1.82) is 0 Å². The Morgan fingerprint density at radius 3 is 2.45 bits per heavy atom. The van der Waals surface area contributed by atoms with Gasteiger partial charge >= 0.3 is 5.97 Å². The largest absolute Gasteiger partial charge is 0.452 e. The van der Waals surface area contributed by atoms with Gasteiger partial charge in [0.25, 0.3) is 0 Å². The van der Waals surface area contributed by atoms with Gasteiger partial charge in [-0.05, 0) is 79.8 Å². The Morgan fingerprint density at radius 2 is 1.86 bits per heavy atom. The minimum Gasteiger partial charge on any atom is -0.452 e. The molecule has 3 aliphatic carbocycles. The summed E-state index contributed by atoms with van der Waals surface area (Å²) < 4.78 is 5.90. The average Bonchev–Trinajstić information content (AvgIpc) is 2.56. The van der Waals surface area contributed by atoms with Crippen LogP contribution in [0.25, 0.3) is 0 Å². The van der Waals surface area contributed by atoms with E-state index in [-0.39, 0.29) is 28.6 Å². The molecule has 3 aliphatic rings. The molecule has 0 radical (unpaired) electrons. The molecule has 0 spiro atoms. The molecule has 2 N–H and O–H groups in total. The predicted octanol–water partition coefficient (Wildman–Crippen LogP) is 4.80. The van der Waals surface area contributed by atoms with E-state index in [4.69, 9.17) is 4.74 Å². The van der Waals surface area contributed by atoms with Gasteiger partial charge in [-0.3, -0.25) is 0 Å². The highest BCUT2D eigenvalue weighted by Gasteiger charge is 2.62. The van der Waals surface area contributed by atoms with Gasteiger partial charge in [0.2, 0.25) is 0 Å². The number of carbonyl (C=O) groups excluding carboxylic acids is 1. The van der Waals surface area contributed by atoms with E-state index in [0.29, 0.717) is 6.42 Å². The molecule has 164 valence electrons. The highest BCUT2D eigenvalue weighted by molar-refractivity contribution is 5.83. The van der Waals surface area contributed by atoms with Crippen molar-refractivity contribution in [3.05, 3.63) is 23.3 Å². The van der Waals surface area contributed by atoms with Crippen LogP contribution in [0.3, 0.4) is 0 Å². The Kier molecular flexibility index (Phi) is 5.86. The van der Waals surface area contributed by atoms with Gasteiger partial charge in [0.05, 0.1) is 11.7 Å². The molecular weight excluding hydrogens is 364 g/mol. The van der Waals surface area contributed by atoms with Crippen molar-refractivity contribution < 1.29 is 19.7 Å². The smallest absolute Gasteiger partial charge is 0.331 e. The number of aliphatic hydroxyl groups is 2. The summed E-state index contributed by atoms with van der Waals surface area (Å²) in [7, 11) is 0. The third-order valence-electron chi connectivity index (χ3n) is 8.17. The third kappa shape index (κ3) is 3.83. The Labute approximate surface area is 176 Å². The first-order chi connectivity index (χ1) is 13.3. The molecule has 6 atom stereocenters. The number of aliphatic hydroxyl groups excluding tert-OH is 1. The van der Waals surface area contributed by atoms with E-state index >= 15 is 0 Å². The van der Waals surface area contributed by atoms with Crippen molar-refractivity contribution >= 4 is 5.97 Å². The van der Waals surface area contributed by atoms with Crippen LogP contribution in [0, 0.1) is 28.6 Å². The number of allylic oxidation sites excluding steroid dienone is 1. The van der Waals surface area contributed by atoms with Crippen molar-refractivity contribution in [2.45, 2.75) is 98.4 Å². The molecule has 4 nitrogen and oxygen atoms in total. The summed E-state index contributed by atoms with van der Waals surface area (Å²) in [5.74, 6) is -0.0696. The van der Waals surface area contributed by atoms with Gasteiger partial charge in [-0.2, -0.15) is 0 Å². The van der Waals surface area contributed by atoms with Gasteiger partial charge in [0, 0.05) is 6.08 Å². The van der Waals surface area contributed by atoms with Gasteiger partial charge in [0.1, 0.15) is 6.10 Å². The number of esters is 1. The fourth-order valence-corrected chi connectivity index (χ4v) is 6.73. The maximum atomic E-state index is 12.5. The Balaban J connectivity index is 2.10. The molecule has 29 heavy (non-hydrogen) atoms. The molecule has 3 rings (SSSR count). The van der Waals surface area contributed by atoms with Crippen molar-refractivity contribution in [1.82, 2.24) is 0 Å². The second-order valence-electron chi connectivity index (χ2n) is 11.3. The molecule has 0 aromatic carbocycles. The molecule has 0 amide bonds. The number of hydrogen-bond acceptors (Lipinski definition) is 4. The van der Waals surface area contributed by atoms with Gasteiger partial charge in [-0.25, -0.2) is 4.79 Å². The third-order valence-corrected chi connectivity index (χ3v) is 8.17. The number of hydrogen-bond donors (Lipinski definition) is 2. The number of ether oxygens (including phenoxy) is 1. The van der Waals surface area contributed by atoms with Gasteiger partial charge in [0.15, 0.2) is 0 Å². The summed E-state index contributed by atoms with van der Waals surface area (Å²) in [6.45, 7) is 14.6. The minimum absolute atomic E-state index is 0.0229. The molecule has 0 saturated heterocycles. The average molecular weight is 405 g/mol. The van der Waals surface area contributed by atoms with Crippen LogP contribution < -0.4 is 0 Å². The molecule has 0 unspecified atom stereocenters. The zero-order chi connectivity index (χ0) is 21.8. The fourth-order valence-electron chi connectivity index (χ4n) is 6.73. The first-order valence-electron chi connectivity index (χ1n) is 11.3. The van der Waals surface area contributed by atoms with Crippen molar-refractivity contribution in [3.63, 3.8) is 0 Å². The Bertz CT molecular complexity index is 714.